The van der Waals surface area contributed by atoms with Crippen LogP contribution in [0.2, 0.25) is 0 Å². The van der Waals surface area contributed by atoms with E-state index in [4.69, 9.17) is 0 Å². The Kier molecular flexibility index (Phi) is 9.86. The maximum atomic E-state index is 12.6. The summed E-state index contributed by atoms with van der Waals surface area (Å²) in [4.78, 5) is 16.8. The van der Waals surface area contributed by atoms with Gasteiger partial charge in [0, 0.05) is 62.9 Å². The predicted molar refractivity (Wildman–Crippen MR) is 108 cm³/mol. The van der Waals surface area contributed by atoms with Crippen molar-refractivity contribution in [2.24, 2.45) is 0 Å². The van der Waals surface area contributed by atoms with Crippen LogP contribution in [0.5, 0.6) is 0 Å². The average Bonchev–Trinajstić information content (AvgIpc) is 2.63. The van der Waals surface area contributed by atoms with Gasteiger partial charge in [0.2, 0.25) is 5.91 Å². The molecule has 6 nitrogen and oxygen atoms in total. The number of rotatable bonds is 4. The lowest BCUT2D eigenvalue weighted by Gasteiger charge is -2.38. The van der Waals surface area contributed by atoms with Gasteiger partial charge in [0.1, 0.15) is 0 Å². The van der Waals surface area contributed by atoms with Crippen molar-refractivity contribution < 1.29 is 4.79 Å². The lowest BCUT2D eigenvalue weighted by molar-refractivity contribution is -0.132. The SMILES string of the molecule is CN(C(=O)CC1CSCCN1)C1CCCN(c2cccnn2)C1.Cl.Cl. The minimum absolute atomic E-state index is 0. The molecule has 0 spiro atoms. The van der Waals surface area contributed by atoms with E-state index in [1.807, 2.05) is 35.8 Å². The molecule has 0 aliphatic carbocycles. The topological polar surface area (TPSA) is 61.4 Å². The third-order valence-electron chi connectivity index (χ3n) is 4.64. The summed E-state index contributed by atoms with van der Waals surface area (Å²) >= 11 is 1.93. The van der Waals surface area contributed by atoms with Crippen molar-refractivity contribution >= 4 is 48.3 Å². The minimum atomic E-state index is 0. The number of nitrogens with one attached hydrogen (secondary N) is 1. The van der Waals surface area contributed by atoms with Crippen LogP contribution in [0.25, 0.3) is 0 Å². The maximum absolute atomic E-state index is 12.6. The largest absolute Gasteiger partial charge is 0.353 e. The van der Waals surface area contributed by atoms with Crippen molar-refractivity contribution in [3.05, 3.63) is 18.3 Å². The van der Waals surface area contributed by atoms with E-state index in [0.717, 1.165) is 49.8 Å². The zero-order valence-corrected chi connectivity index (χ0v) is 16.9. The standard InChI is InChI=1S/C16H25N5OS.2ClH/c1-20(16(22)10-13-12-23-9-7-17-13)14-4-3-8-21(11-14)15-5-2-6-18-19-15;;/h2,5-6,13-14,17H,3-4,7-12H2,1H3;2*1H. The van der Waals surface area contributed by atoms with Gasteiger partial charge in [-0.25, -0.2) is 0 Å². The highest BCUT2D eigenvalue weighted by atomic mass is 35.5. The summed E-state index contributed by atoms with van der Waals surface area (Å²) in [6.45, 7) is 2.84. The number of hydrogen-bond acceptors (Lipinski definition) is 6. The van der Waals surface area contributed by atoms with Gasteiger partial charge < -0.3 is 15.1 Å². The van der Waals surface area contributed by atoms with Gasteiger partial charge >= 0.3 is 0 Å². The van der Waals surface area contributed by atoms with Gasteiger partial charge in [-0.2, -0.15) is 16.9 Å². The Bertz CT molecular complexity index is 519. The van der Waals surface area contributed by atoms with E-state index in [0.29, 0.717) is 12.5 Å². The molecule has 1 amide bonds. The van der Waals surface area contributed by atoms with Crippen molar-refractivity contribution in [2.45, 2.75) is 31.3 Å². The second kappa shape index (κ2) is 11.1. The molecule has 0 bridgehead atoms. The molecule has 9 heteroatoms. The molecule has 1 aromatic heterocycles. The predicted octanol–water partition coefficient (Wildman–Crippen LogP) is 1.84. The number of halogens is 2. The number of nitrogens with zero attached hydrogens (tertiary/aromatic N) is 4. The second-order valence-electron chi connectivity index (χ2n) is 6.26. The fourth-order valence-corrected chi connectivity index (χ4v) is 4.20. The molecular formula is C16H27Cl2N5OS. The van der Waals surface area contributed by atoms with Gasteiger partial charge in [-0.15, -0.1) is 29.9 Å². The van der Waals surface area contributed by atoms with E-state index in [2.05, 4.69) is 20.4 Å². The third kappa shape index (κ3) is 6.16. The van der Waals surface area contributed by atoms with Crippen LogP contribution in [0.3, 0.4) is 0 Å². The number of carbonyl (C=O) groups excluding carboxylic acids is 1. The fraction of sp³-hybridized carbons (Fsp3) is 0.688. The molecule has 1 N–H and O–H groups in total. The molecule has 1 aromatic rings. The number of amides is 1. The molecule has 3 rings (SSSR count). The molecule has 0 radical (unpaired) electrons. The number of aromatic nitrogens is 2. The average molecular weight is 408 g/mol. The van der Waals surface area contributed by atoms with Gasteiger partial charge in [-0.05, 0) is 25.0 Å². The summed E-state index contributed by atoms with van der Waals surface area (Å²) < 4.78 is 0. The highest BCUT2D eigenvalue weighted by molar-refractivity contribution is 7.99. The van der Waals surface area contributed by atoms with Gasteiger partial charge in [0.25, 0.3) is 0 Å². The van der Waals surface area contributed by atoms with E-state index in [1.54, 1.807) is 6.20 Å². The molecular weight excluding hydrogens is 381 g/mol. The molecule has 2 atom stereocenters. The van der Waals surface area contributed by atoms with Crippen LogP contribution in [0.4, 0.5) is 5.82 Å². The quantitative estimate of drug-likeness (QED) is 0.821. The van der Waals surface area contributed by atoms with Crippen LogP contribution in [0.1, 0.15) is 19.3 Å². The van der Waals surface area contributed by atoms with Crippen molar-refractivity contribution in [3.8, 4) is 0 Å². The molecule has 2 saturated heterocycles. The fourth-order valence-electron chi connectivity index (χ4n) is 3.25. The number of thioether (sulfide) groups is 1. The second-order valence-corrected chi connectivity index (χ2v) is 7.41. The first-order valence-corrected chi connectivity index (χ1v) is 9.49. The molecule has 2 aliphatic heterocycles. The number of piperidine rings is 1. The lowest BCUT2D eigenvalue weighted by Crippen LogP contribution is -2.50. The summed E-state index contributed by atoms with van der Waals surface area (Å²) in [5, 5.41) is 11.6. The first kappa shape index (κ1) is 22.3. The summed E-state index contributed by atoms with van der Waals surface area (Å²) in [7, 11) is 1.95. The number of carbonyl (C=O) groups is 1. The van der Waals surface area contributed by atoms with Crippen LogP contribution in [0.15, 0.2) is 18.3 Å². The van der Waals surface area contributed by atoms with Crippen molar-refractivity contribution in [1.82, 2.24) is 20.4 Å². The third-order valence-corrected chi connectivity index (χ3v) is 5.77. The van der Waals surface area contributed by atoms with Crippen molar-refractivity contribution in [1.29, 1.82) is 0 Å². The Labute approximate surface area is 166 Å². The number of hydrogen-bond donors (Lipinski definition) is 1. The van der Waals surface area contributed by atoms with E-state index < -0.39 is 0 Å². The lowest BCUT2D eigenvalue weighted by atomic mass is 10.0. The molecule has 0 saturated carbocycles. The molecule has 0 aromatic carbocycles. The molecule has 2 aliphatic rings. The van der Waals surface area contributed by atoms with Gasteiger partial charge in [-0.1, -0.05) is 0 Å². The van der Waals surface area contributed by atoms with Crippen LogP contribution in [-0.4, -0.2) is 71.3 Å². The number of anilines is 1. The smallest absolute Gasteiger partial charge is 0.224 e. The zero-order valence-electron chi connectivity index (χ0n) is 14.5. The van der Waals surface area contributed by atoms with E-state index in [9.17, 15) is 4.79 Å². The van der Waals surface area contributed by atoms with E-state index >= 15 is 0 Å². The van der Waals surface area contributed by atoms with E-state index in [1.165, 1.54) is 0 Å². The Morgan fingerprint density at radius 3 is 3.00 bits per heavy atom. The number of likely N-dealkylation sites (N-methyl/N-ethyl adjacent to an activating group) is 1. The highest BCUT2D eigenvalue weighted by Gasteiger charge is 2.28. The zero-order chi connectivity index (χ0) is 16.1. The molecule has 3 heterocycles. The van der Waals surface area contributed by atoms with Crippen LogP contribution in [-0.2, 0) is 4.79 Å². The normalized spacial score (nSPS) is 23.2. The summed E-state index contributed by atoms with van der Waals surface area (Å²) in [6, 6.07) is 4.48. The summed E-state index contributed by atoms with van der Waals surface area (Å²) in [5.74, 6) is 3.34. The molecule has 25 heavy (non-hydrogen) atoms. The van der Waals surface area contributed by atoms with Gasteiger partial charge in [0.05, 0.1) is 0 Å². The first-order chi connectivity index (χ1) is 11.2. The first-order valence-electron chi connectivity index (χ1n) is 8.33. The molecule has 2 fully saturated rings. The van der Waals surface area contributed by atoms with Gasteiger partial charge in [-0.3, -0.25) is 4.79 Å². The Hall–Kier alpha value is -0.760. The summed E-state index contributed by atoms with van der Waals surface area (Å²) in [5.41, 5.74) is 0. The maximum Gasteiger partial charge on any atom is 0.224 e. The Morgan fingerprint density at radius 1 is 1.48 bits per heavy atom. The van der Waals surface area contributed by atoms with Crippen LogP contribution < -0.4 is 10.2 Å². The highest BCUT2D eigenvalue weighted by Crippen LogP contribution is 2.21. The minimum Gasteiger partial charge on any atom is -0.353 e. The van der Waals surface area contributed by atoms with Crippen LogP contribution >= 0.6 is 36.6 Å². The van der Waals surface area contributed by atoms with Crippen molar-refractivity contribution in [3.63, 3.8) is 0 Å². The van der Waals surface area contributed by atoms with Crippen LogP contribution in [0, 0.1) is 0 Å². The Balaban J connectivity index is 0.00000156. The molecule has 142 valence electrons. The monoisotopic (exact) mass is 407 g/mol. The van der Waals surface area contributed by atoms with E-state index in [-0.39, 0.29) is 36.8 Å². The van der Waals surface area contributed by atoms with Gasteiger partial charge in [0.15, 0.2) is 5.82 Å². The van der Waals surface area contributed by atoms with Crippen molar-refractivity contribution in [2.75, 3.05) is 43.1 Å². The summed E-state index contributed by atoms with van der Waals surface area (Å²) in [6.07, 6.45) is 4.43. The Morgan fingerprint density at radius 2 is 2.32 bits per heavy atom. The molecule has 2 unspecified atom stereocenters.